The number of nitrogens with one attached hydrogen (secondary N) is 1. The van der Waals surface area contributed by atoms with Gasteiger partial charge < -0.3 is 5.32 Å². The van der Waals surface area contributed by atoms with Crippen molar-refractivity contribution in [1.82, 2.24) is 5.32 Å². The fourth-order valence-electron chi connectivity index (χ4n) is 0.0959. The highest BCUT2D eigenvalue weighted by Gasteiger charge is 1.95. The number of rotatable bonds is 1. The normalized spacial score (nSPS) is 7.71. The zero-order chi connectivity index (χ0) is 5.86. The van der Waals surface area contributed by atoms with Crippen LogP contribution in [0.2, 0.25) is 0 Å². The molecule has 0 atom stereocenters. The summed E-state index contributed by atoms with van der Waals surface area (Å²) in [6.45, 7) is 3.29. The van der Waals surface area contributed by atoms with Crippen LogP contribution in [0, 0.1) is 7.05 Å². The molecule has 2 nitrogen and oxygen atoms in total. The van der Waals surface area contributed by atoms with Crippen LogP contribution in [0.3, 0.4) is 0 Å². The third-order valence-corrected chi connectivity index (χ3v) is 0.767. The minimum Gasteiger partial charge on any atom is -0.350 e. The van der Waals surface area contributed by atoms with Gasteiger partial charge in [-0.1, -0.05) is 6.58 Å². The fraction of sp³-hybridized carbons (Fsp3) is 0. The molecule has 0 heterocycles. The molecule has 0 fully saturated rings. The molecule has 0 saturated heterocycles. The van der Waals surface area contributed by atoms with Crippen molar-refractivity contribution in [3.63, 3.8) is 0 Å². The van der Waals surface area contributed by atoms with Gasteiger partial charge in [0, 0.05) is 7.05 Å². The van der Waals surface area contributed by atoms with E-state index < -0.39 is 0 Å². The molecule has 0 unspecified atom stereocenters. The van der Waals surface area contributed by atoms with Gasteiger partial charge in [0.05, 0.1) is 4.48 Å². The molecule has 0 aromatic heterocycles. The fourth-order valence-corrected chi connectivity index (χ4v) is 0.236. The Morgan fingerprint density at radius 1 is 1.71 bits per heavy atom. The summed E-state index contributed by atoms with van der Waals surface area (Å²) < 4.78 is 0.294. The number of halogens is 1. The molecule has 1 radical (unpaired) electrons. The summed E-state index contributed by atoms with van der Waals surface area (Å²) in [5, 5.41) is 2.13. The van der Waals surface area contributed by atoms with E-state index in [-0.39, 0.29) is 5.91 Å². The van der Waals surface area contributed by atoms with Gasteiger partial charge in [-0.05, 0) is 15.9 Å². The maximum Gasteiger partial charge on any atom is 0.257 e. The summed E-state index contributed by atoms with van der Waals surface area (Å²) in [4.78, 5) is 10.2. The van der Waals surface area contributed by atoms with Gasteiger partial charge in [-0.25, -0.2) is 0 Å². The Balaban J connectivity index is 3.58. The van der Waals surface area contributed by atoms with Gasteiger partial charge in [-0.2, -0.15) is 0 Å². The lowest BCUT2D eigenvalue weighted by Gasteiger charge is -1.89. The first-order valence-electron chi connectivity index (χ1n) is 1.60. The second kappa shape index (κ2) is 2.80. The second-order valence-electron chi connectivity index (χ2n) is 0.911. The molecule has 1 N–H and O–H groups in total. The summed E-state index contributed by atoms with van der Waals surface area (Å²) in [6.07, 6.45) is 0. The van der Waals surface area contributed by atoms with Crippen LogP contribution >= 0.6 is 15.9 Å². The summed E-state index contributed by atoms with van der Waals surface area (Å²) in [6, 6.07) is 0. The smallest absolute Gasteiger partial charge is 0.257 e. The van der Waals surface area contributed by atoms with E-state index in [4.69, 9.17) is 0 Å². The Labute approximate surface area is 50.7 Å². The Morgan fingerprint density at radius 2 is 2.14 bits per heavy atom. The van der Waals surface area contributed by atoms with Gasteiger partial charge in [0.25, 0.3) is 5.91 Å². The third kappa shape index (κ3) is 2.39. The van der Waals surface area contributed by atoms with Gasteiger partial charge >= 0.3 is 0 Å². The largest absolute Gasteiger partial charge is 0.350 e. The van der Waals surface area contributed by atoms with Crippen molar-refractivity contribution in [2.45, 2.75) is 0 Å². The highest BCUT2D eigenvalue weighted by atomic mass is 79.9. The van der Waals surface area contributed by atoms with Crippen molar-refractivity contribution in [3.8, 4) is 0 Å². The van der Waals surface area contributed by atoms with E-state index in [1.165, 1.54) is 0 Å². The van der Waals surface area contributed by atoms with Crippen molar-refractivity contribution < 1.29 is 4.79 Å². The van der Waals surface area contributed by atoms with Crippen LogP contribution < -0.4 is 5.32 Å². The van der Waals surface area contributed by atoms with Crippen molar-refractivity contribution in [3.05, 3.63) is 18.1 Å². The zero-order valence-corrected chi connectivity index (χ0v) is 5.29. The van der Waals surface area contributed by atoms with Gasteiger partial charge in [0.1, 0.15) is 0 Å². The highest BCUT2D eigenvalue weighted by molar-refractivity contribution is 9.12. The average molecular weight is 163 g/mol. The molecule has 0 saturated carbocycles. The van der Waals surface area contributed by atoms with E-state index in [0.29, 0.717) is 4.48 Å². The zero-order valence-electron chi connectivity index (χ0n) is 3.70. The quantitative estimate of drug-likeness (QED) is 0.569. The molecule has 7 heavy (non-hydrogen) atoms. The van der Waals surface area contributed by atoms with Gasteiger partial charge in [0.15, 0.2) is 0 Å². The van der Waals surface area contributed by atoms with E-state index in [1.54, 1.807) is 0 Å². The first-order chi connectivity index (χ1) is 3.18. The lowest BCUT2D eigenvalue weighted by molar-refractivity contribution is -0.115. The summed E-state index contributed by atoms with van der Waals surface area (Å²) in [7, 11) is 3.12. The molecule has 1 amide bonds. The summed E-state index contributed by atoms with van der Waals surface area (Å²) in [5.41, 5.74) is 0. The van der Waals surface area contributed by atoms with E-state index in [2.05, 4.69) is 34.9 Å². The van der Waals surface area contributed by atoms with Crippen molar-refractivity contribution >= 4 is 21.8 Å². The van der Waals surface area contributed by atoms with Crippen LogP contribution in [0.5, 0.6) is 0 Å². The van der Waals surface area contributed by atoms with Crippen molar-refractivity contribution in [2.24, 2.45) is 0 Å². The Bertz CT molecular complexity index is 99.9. The topological polar surface area (TPSA) is 29.1 Å². The molecule has 0 aliphatic rings. The van der Waals surface area contributed by atoms with E-state index in [9.17, 15) is 4.79 Å². The van der Waals surface area contributed by atoms with Crippen LogP contribution in [0.1, 0.15) is 0 Å². The Morgan fingerprint density at radius 3 is 2.14 bits per heavy atom. The van der Waals surface area contributed by atoms with Crippen LogP contribution in [0.4, 0.5) is 0 Å². The summed E-state index contributed by atoms with van der Waals surface area (Å²) in [5.74, 6) is -0.292. The average Bonchev–Trinajstić information content (AvgIpc) is 1.65. The minimum atomic E-state index is -0.292. The number of hydrogen-bond acceptors (Lipinski definition) is 1. The summed E-state index contributed by atoms with van der Waals surface area (Å²) >= 11 is 2.85. The molecule has 0 aromatic carbocycles. The molecular weight excluding hydrogens is 158 g/mol. The van der Waals surface area contributed by atoms with Gasteiger partial charge in [-0.15, -0.1) is 0 Å². The number of carbonyl (C=O) groups is 1. The molecule has 0 rings (SSSR count). The van der Waals surface area contributed by atoms with E-state index in [1.807, 2.05) is 0 Å². The Kier molecular flexibility index (Phi) is 2.67. The molecule has 0 aliphatic carbocycles. The van der Waals surface area contributed by atoms with Crippen LogP contribution in [0.25, 0.3) is 0 Å². The van der Waals surface area contributed by atoms with Crippen LogP contribution in [0.15, 0.2) is 11.1 Å². The minimum absolute atomic E-state index is 0.292. The molecule has 0 spiro atoms. The van der Waals surface area contributed by atoms with Crippen LogP contribution in [-0.4, -0.2) is 5.91 Å². The monoisotopic (exact) mass is 162 g/mol. The molecule has 0 aliphatic heterocycles. The lowest BCUT2D eigenvalue weighted by atomic mass is 10.6. The van der Waals surface area contributed by atoms with Crippen molar-refractivity contribution in [2.75, 3.05) is 0 Å². The first kappa shape index (κ1) is 6.69. The predicted octanol–water partition coefficient (Wildman–Crippen LogP) is 0.803. The number of amides is 1. The molecule has 0 bridgehead atoms. The molecular formula is C4H5BrNO. The lowest BCUT2D eigenvalue weighted by Crippen LogP contribution is -2.13. The van der Waals surface area contributed by atoms with Gasteiger partial charge in [0.2, 0.25) is 0 Å². The number of carbonyl (C=O) groups excluding carboxylic acids is 1. The van der Waals surface area contributed by atoms with Gasteiger partial charge in [-0.3, -0.25) is 4.79 Å². The predicted molar refractivity (Wildman–Crippen MR) is 31.6 cm³/mol. The third-order valence-electron chi connectivity index (χ3n) is 0.407. The maximum atomic E-state index is 10.2. The SMILES string of the molecule is [CH2]NC(=O)C(=C)Br. The highest BCUT2D eigenvalue weighted by Crippen LogP contribution is 1.97. The van der Waals surface area contributed by atoms with Crippen molar-refractivity contribution in [1.29, 1.82) is 0 Å². The Hall–Kier alpha value is -0.310. The molecule has 3 heteroatoms. The van der Waals surface area contributed by atoms with E-state index in [0.717, 1.165) is 0 Å². The standard InChI is InChI=1S/C4H5BrNO/c1-3(5)4(7)6-2/h1-2H2,(H,6,7). The van der Waals surface area contributed by atoms with E-state index >= 15 is 0 Å². The second-order valence-corrected chi connectivity index (χ2v) is 1.87. The van der Waals surface area contributed by atoms with Crippen LogP contribution in [-0.2, 0) is 4.79 Å². The maximum absolute atomic E-state index is 10.2. The molecule has 39 valence electrons. The molecule has 0 aromatic rings. The first-order valence-corrected chi connectivity index (χ1v) is 2.39. The number of hydrogen-bond donors (Lipinski definition) is 1.